The first kappa shape index (κ1) is 15.4. The third kappa shape index (κ3) is 3.67. The highest BCUT2D eigenvalue weighted by atomic mass is 16.6. The van der Waals surface area contributed by atoms with Gasteiger partial charge in [-0.1, -0.05) is 0 Å². The quantitative estimate of drug-likeness (QED) is 0.645. The van der Waals surface area contributed by atoms with E-state index in [0.717, 1.165) is 4.90 Å². The zero-order chi connectivity index (χ0) is 15.4. The van der Waals surface area contributed by atoms with Crippen LogP contribution in [0.25, 0.3) is 0 Å². The first-order chi connectivity index (χ1) is 9.22. The van der Waals surface area contributed by atoms with Gasteiger partial charge in [0.15, 0.2) is 0 Å². The Morgan fingerprint density at radius 3 is 2.45 bits per heavy atom. The Morgan fingerprint density at radius 1 is 1.35 bits per heavy atom. The fourth-order valence-corrected chi connectivity index (χ4v) is 1.62. The number of aliphatic carboxylic acids is 1. The largest absolute Gasteiger partial charge is 0.480 e. The van der Waals surface area contributed by atoms with Gasteiger partial charge in [-0.15, -0.1) is 0 Å². The molecule has 0 radical (unpaired) electrons. The number of rotatable bonds is 4. The molecule has 108 valence electrons. The van der Waals surface area contributed by atoms with Crippen molar-refractivity contribution in [2.45, 2.75) is 13.8 Å². The third-order valence-corrected chi connectivity index (χ3v) is 2.70. The molecule has 1 rings (SSSR count). The van der Waals surface area contributed by atoms with Crippen molar-refractivity contribution in [2.75, 3.05) is 18.9 Å². The number of nitro benzene ring substituents is 1. The number of nitrogens with one attached hydrogen (secondary N) is 1. The van der Waals surface area contributed by atoms with E-state index in [-0.39, 0.29) is 5.69 Å². The summed E-state index contributed by atoms with van der Waals surface area (Å²) in [6, 6.07) is 2.26. The maximum absolute atomic E-state index is 11.7. The fraction of sp³-hybridized carbons (Fsp3) is 0.333. The number of carbonyl (C=O) groups excluding carboxylic acids is 1. The van der Waals surface area contributed by atoms with E-state index in [1.54, 1.807) is 13.8 Å². The van der Waals surface area contributed by atoms with Crippen molar-refractivity contribution in [3.8, 4) is 0 Å². The van der Waals surface area contributed by atoms with Crippen LogP contribution in [-0.4, -0.2) is 40.5 Å². The molecular weight excluding hydrogens is 266 g/mol. The first-order valence-corrected chi connectivity index (χ1v) is 5.72. The molecule has 0 aliphatic heterocycles. The van der Waals surface area contributed by atoms with Crippen molar-refractivity contribution in [1.29, 1.82) is 0 Å². The summed E-state index contributed by atoms with van der Waals surface area (Å²) in [7, 11) is 1.34. The van der Waals surface area contributed by atoms with Gasteiger partial charge in [-0.25, -0.2) is 4.79 Å². The van der Waals surface area contributed by atoms with Gasteiger partial charge in [-0.05, 0) is 25.5 Å². The normalized spacial score (nSPS) is 9.95. The predicted molar refractivity (Wildman–Crippen MR) is 71.9 cm³/mol. The Morgan fingerprint density at radius 2 is 1.95 bits per heavy atom. The average molecular weight is 281 g/mol. The molecule has 0 saturated carbocycles. The second-order valence-corrected chi connectivity index (χ2v) is 4.39. The number of hydrogen-bond donors (Lipinski definition) is 2. The Labute approximate surface area is 115 Å². The van der Waals surface area contributed by atoms with Gasteiger partial charge in [0.1, 0.15) is 6.54 Å². The SMILES string of the molecule is Cc1cc([N+](=O)[O-])c(C)cc1NC(=O)N(C)CC(=O)O. The minimum Gasteiger partial charge on any atom is -0.480 e. The zero-order valence-corrected chi connectivity index (χ0v) is 11.3. The standard InChI is InChI=1S/C12H15N3O5/c1-7-5-10(15(19)20)8(2)4-9(7)13-12(18)14(3)6-11(16)17/h4-5H,6H2,1-3H3,(H,13,18)(H,16,17). The summed E-state index contributed by atoms with van der Waals surface area (Å²) in [5.74, 6) is -1.13. The summed E-state index contributed by atoms with van der Waals surface area (Å²) in [5.41, 5.74) is 1.32. The van der Waals surface area contributed by atoms with Gasteiger partial charge in [-0.2, -0.15) is 0 Å². The van der Waals surface area contributed by atoms with Crippen LogP contribution >= 0.6 is 0 Å². The van der Waals surface area contributed by atoms with Crippen molar-refractivity contribution in [3.63, 3.8) is 0 Å². The van der Waals surface area contributed by atoms with Gasteiger partial charge in [0, 0.05) is 24.4 Å². The van der Waals surface area contributed by atoms with Crippen LogP contribution in [0.5, 0.6) is 0 Å². The van der Waals surface area contributed by atoms with Gasteiger partial charge in [0.05, 0.1) is 4.92 Å². The van der Waals surface area contributed by atoms with Crippen LogP contribution in [0.2, 0.25) is 0 Å². The molecule has 0 aromatic heterocycles. The molecule has 20 heavy (non-hydrogen) atoms. The van der Waals surface area contributed by atoms with Crippen LogP contribution in [0.15, 0.2) is 12.1 Å². The monoisotopic (exact) mass is 281 g/mol. The number of hydrogen-bond acceptors (Lipinski definition) is 4. The molecule has 0 bridgehead atoms. The molecule has 0 heterocycles. The van der Waals surface area contributed by atoms with Crippen molar-refractivity contribution in [3.05, 3.63) is 33.4 Å². The lowest BCUT2D eigenvalue weighted by Crippen LogP contribution is -2.35. The molecule has 0 atom stereocenters. The summed E-state index contributed by atoms with van der Waals surface area (Å²) in [4.78, 5) is 33.5. The summed E-state index contributed by atoms with van der Waals surface area (Å²) >= 11 is 0. The number of amides is 2. The maximum atomic E-state index is 11.7. The zero-order valence-electron chi connectivity index (χ0n) is 11.3. The topological polar surface area (TPSA) is 113 Å². The summed E-state index contributed by atoms with van der Waals surface area (Å²) in [5, 5.41) is 21.9. The average Bonchev–Trinajstić information content (AvgIpc) is 2.31. The van der Waals surface area contributed by atoms with E-state index in [4.69, 9.17) is 5.11 Å². The predicted octanol–water partition coefficient (Wildman–Crippen LogP) is 1.76. The number of benzene rings is 1. The van der Waals surface area contributed by atoms with Gasteiger partial charge >= 0.3 is 12.0 Å². The molecule has 0 fully saturated rings. The summed E-state index contributed by atoms with van der Waals surface area (Å²) in [6.45, 7) is 2.75. The molecule has 1 aromatic rings. The lowest BCUT2D eigenvalue weighted by molar-refractivity contribution is -0.385. The van der Waals surface area contributed by atoms with E-state index >= 15 is 0 Å². The van der Waals surface area contributed by atoms with E-state index in [1.165, 1.54) is 19.2 Å². The molecule has 1 aromatic carbocycles. The molecule has 2 amide bonds. The van der Waals surface area contributed by atoms with Crippen LogP contribution in [0, 0.1) is 24.0 Å². The molecule has 8 heteroatoms. The highest BCUT2D eigenvalue weighted by Crippen LogP contribution is 2.26. The Kier molecular flexibility index (Phi) is 4.63. The third-order valence-electron chi connectivity index (χ3n) is 2.70. The van der Waals surface area contributed by atoms with Crippen LogP contribution in [0.4, 0.5) is 16.2 Å². The fourth-order valence-electron chi connectivity index (χ4n) is 1.62. The smallest absolute Gasteiger partial charge is 0.323 e. The number of carboxylic acid groups (broad SMARTS) is 1. The van der Waals surface area contributed by atoms with Crippen LogP contribution in [0.1, 0.15) is 11.1 Å². The molecule has 0 spiro atoms. The highest BCUT2D eigenvalue weighted by molar-refractivity contribution is 5.92. The molecular formula is C12H15N3O5. The summed E-state index contributed by atoms with van der Waals surface area (Å²) in [6.07, 6.45) is 0. The molecule has 8 nitrogen and oxygen atoms in total. The number of urea groups is 1. The van der Waals surface area contributed by atoms with Gasteiger partial charge in [0.25, 0.3) is 5.69 Å². The van der Waals surface area contributed by atoms with Crippen molar-refractivity contribution < 1.29 is 19.6 Å². The number of nitrogens with zero attached hydrogens (tertiary/aromatic N) is 2. The number of nitro groups is 1. The Balaban J connectivity index is 2.93. The van der Waals surface area contributed by atoms with Crippen LogP contribution in [0.3, 0.4) is 0 Å². The number of anilines is 1. The van der Waals surface area contributed by atoms with Crippen molar-refractivity contribution in [1.82, 2.24) is 4.90 Å². The van der Waals surface area contributed by atoms with E-state index in [1.807, 2.05) is 0 Å². The first-order valence-electron chi connectivity index (χ1n) is 5.72. The molecule has 0 unspecified atom stereocenters. The molecule has 2 N–H and O–H groups in total. The van der Waals surface area contributed by atoms with Gasteiger partial charge in [-0.3, -0.25) is 14.9 Å². The minimum atomic E-state index is -1.13. The van der Waals surface area contributed by atoms with E-state index in [0.29, 0.717) is 16.8 Å². The van der Waals surface area contributed by atoms with E-state index < -0.39 is 23.5 Å². The molecule has 0 aliphatic carbocycles. The summed E-state index contributed by atoms with van der Waals surface area (Å²) < 4.78 is 0. The second-order valence-electron chi connectivity index (χ2n) is 4.39. The van der Waals surface area contributed by atoms with Crippen LogP contribution < -0.4 is 5.32 Å². The van der Waals surface area contributed by atoms with Crippen molar-refractivity contribution >= 4 is 23.4 Å². The lowest BCUT2D eigenvalue weighted by Gasteiger charge is -2.17. The Hall–Kier alpha value is -2.64. The van der Waals surface area contributed by atoms with Gasteiger partial charge in [0.2, 0.25) is 0 Å². The second kappa shape index (κ2) is 6.00. The minimum absolute atomic E-state index is 0.0283. The van der Waals surface area contributed by atoms with Gasteiger partial charge < -0.3 is 15.3 Å². The van der Waals surface area contributed by atoms with Crippen molar-refractivity contribution in [2.24, 2.45) is 0 Å². The Bertz CT molecular complexity index is 570. The molecule has 0 saturated heterocycles. The van der Waals surface area contributed by atoms with E-state index in [2.05, 4.69) is 5.32 Å². The van der Waals surface area contributed by atoms with Crippen LogP contribution in [-0.2, 0) is 4.79 Å². The maximum Gasteiger partial charge on any atom is 0.323 e. The lowest BCUT2D eigenvalue weighted by atomic mass is 10.1. The number of carboxylic acids is 1. The highest BCUT2D eigenvalue weighted by Gasteiger charge is 2.17. The number of likely N-dealkylation sites (N-methyl/N-ethyl adjacent to an activating group) is 1. The molecule has 0 aliphatic rings. The number of aryl methyl sites for hydroxylation is 2. The number of carbonyl (C=O) groups is 2. The van der Waals surface area contributed by atoms with E-state index in [9.17, 15) is 19.7 Å².